The van der Waals surface area contributed by atoms with E-state index in [-0.39, 0.29) is 0 Å². The summed E-state index contributed by atoms with van der Waals surface area (Å²) in [6.45, 7) is 5.46. The lowest BCUT2D eigenvalue weighted by Gasteiger charge is -2.31. The molecule has 42 heavy (non-hydrogen) atoms. The molecule has 2 aromatic heterocycles. The molecular weight excluding hydrogens is 560 g/mol. The van der Waals surface area contributed by atoms with Gasteiger partial charge in [0, 0.05) is 45.0 Å². The summed E-state index contributed by atoms with van der Waals surface area (Å²) in [4.78, 5) is 12.6. The Kier molecular flexibility index (Phi) is 8.90. The minimum Gasteiger partial charge on any atom is -0.457 e. The monoisotopic (exact) mass is 594 g/mol. The van der Waals surface area contributed by atoms with Gasteiger partial charge in [-0.25, -0.2) is 4.98 Å². The van der Waals surface area contributed by atoms with E-state index in [1.54, 1.807) is 0 Å². The second kappa shape index (κ2) is 13.1. The quantitative estimate of drug-likeness (QED) is 0.175. The first-order valence-corrected chi connectivity index (χ1v) is 16.0. The lowest BCUT2D eigenvalue weighted by molar-refractivity contribution is 0.214. The molecular formula is C35H35ClN4OS. The molecule has 0 bridgehead atoms. The number of benzene rings is 3. The van der Waals surface area contributed by atoms with Gasteiger partial charge in [0.25, 0.3) is 0 Å². The van der Waals surface area contributed by atoms with Crippen LogP contribution < -0.4 is 4.74 Å². The van der Waals surface area contributed by atoms with Gasteiger partial charge in [0.05, 0.1) is 22.3 Å². The van der Waals surface area contributed by atoms with Gasteiger partial charge >= 0.3 is 0 Å². The molecule has 5 nitrogen and oxygen atoms in total. The number of unbranched alkanes of at least 4 members (excludes halogenated alkanes) is 1. The number of hydrogen-bond donors (Lipinski definition) is 1. The van der Waals surface area contributed by atoms with Crippen LogP contribution in [-0.4, -0.2) is 34.5 Å². The highest BCUT2D eigenvalue weighted by atomic mass is 35.5. The second-order valence-corrected chi connectivity index (χ2v) is 12.6. The van der Waals surface area contributed by atoms with Crippen molar-refractivity contribution in [1.29, 1.82) is 5.26 Å². The van der Waals surface area contributed by atoms with E-state index in [2.05, 4.69) is 41.2 Å². The number of hydrogen-bond acceptors (Lipinski definition) is 5. The number of aromatic nitrogens is 2. The van der Waals surface area contributed by atoms with E-state index in [0.717, 1.165) is 73.6 Å². The third-order valence-corrected chi connectivity index (χ3v) is 9.71. The Morgan fingerprint density at radius 3 is 2.48 bits per heavy atom. The third kappa shape index (κ3) is 6.55. The number of ether oxygens (including phenoxy) is 1. The highest BCUT2D eigenvalue weighted by Gasteiger charge is 2.25. The van der Waals surface area contributed by atoms with Crippen molar-refractivity contribution in [3.63, 3.8) is 0 Å². The van der Waals surface area contributed by atoms with Gasteiger partial charge < -0.3 is 14.6 Å². The van der Waals surface area contributed by atoms with Crippen LogP contribution in [0, 0.1) is 11.3 Å². The van der Waals surface area contributed by atoms with Crippen molar-refractivity contribution in [1.82, 2.24) is 14.9 Å². The summed E-state index contributed by atoms with van der Waals surface area (Å²) in [7, 11) is 0. The lowest BCUT2D eigenvalue weighted by atomic mass is 9.97. The fourth-order valence-corrected chi connectivity index (χ4v) is 7.16. The molecule has 1 fully saturated rings. The molecule has 0 spiro atoms. The number of thiazole rings is 1. The topological polar surface area (TPSA) is 64.9 Å². The van der Waals surface area contributed by atoms with Gasteiger partial charge in [0.1, 0.15) is 11.5 Å². The zero-order chi connectivity index (χ0) is 28.9. The molecule has 0 atom stereocenters. The van der Waals surface area contributed by atoms with E-state index >= 15 is 0 Å². The molecule has 214 valence electrons. The maximum Gasteiger partial charge on any atom is 0.127 e. The normalized spacial score (nSPS) is 14.3. The lowest BCUT2D eigenvalue weighted by Crippen LogP contribution is -2.34. The number of H-pyrrole nitrogens is 1. The first-order valence-electron chi connectivity index (χ1n) is 14.9. The Morgan fingerprint density at radius 2 is 1.76 bits per heavy atom. The number of fused-ring (bicyclic) bond motifs is 1. The number of aromatic amines is 1. The highest BCUT2D eigenvalue weighted by molar-refractivity contribution is 7.12. The second-order valence-electron chi connectivity index (χ2n) is 11.1. The predicted octanol–water partition coefficient (Wildman–Crippen LogP) is 9.37. The molecule has 5 aromatic rings. The number of nitrogens with one attached hydrogen (secondary N) is 1. The van der Waals surface area contributed by atoms with Gasteiger partial charge in [-0.2, -0.15) is 5.26 Å². The number of rotatable bonds is 10. The zero-order valence-corrected chi connectivity index (χ0v) is 25.5. The van der Waals surface area contributed by atoms with Gasteiger partial charge in [-0.05, 0) is 117 Å². The van der Waals surface area contributed by atoms with Gasteiger partial charge in [-0.15, -0.1) is 11.3 Å². The van der Waals surface area contributed by atoms with E-state index in [1.165, 1.54) is 33.7 Å². The van der Waals surface area contributed by atoms with Crippen molar-refractivity contribution in [3.05, 3.63) is 99.0 Å². The van der Waals surface area contributed by atoms with E-state index in [0.29, 0.717) is 16.5 Å². The van der Waals surface area contributed by atoms with Crippen molar-refractivity contribution < 1.29 is 4.74 Å². The number of aryl methyl sites for hydroxylation is 1. The first-order chi connectivity index (χ1) is 20.6. The highest BCUT2D eigenvalue weighted by Crippen LogP contribution is 2.38. The molecule has 1 aliphatic heterocycles. The predicted molar refractivity (Wildman–Crippen MR) is 173 cm³/mol. The van der Waals surface area contributed by atoms with Gasteiger partial charge in [-0.1, -0.05) is 24.9 Å². The average molecular weight is 595 g/mol. The summed E-state index contributed by atoms with van der Waals surface area (Å²) in [5.41, 5.74) is 5.40. The summed E-state index contributed by atoms with van der Waals surface area (Å²) in [5.74, 6) is 2.09. The average Bonchev–Trinajstić information content (AvgIpc) is 3.64. The van der Waals surface area contributed by atoms with Gasteiger partial charge in [0.2, 0.25) is 0 Å². The molecule has 0 amide bonds. The fourth-order valence-electron chi connectivity index (χ4n) is 5.73. The first kappa shape index (κ1) is 28.5. The Hall–Kier alpha value is -3.63. The minimum absolute atomic E-state index is 0.513. The number of nitrogens with zero attached hydrogens (tertiary/aromatic N) is 3. The van der Waals surface area contributed by atoms with Gasteiger partial charge in [0.15, 0.2) is 0 Å². The Bertz CT molecular complexity index is 1680. The SMILES string of the molecule is CCCCc1sc(C2CCN(CCc3c[nH]c4ccc(C#N)cc34)CC2)nc1-c1ccc(Oc2ccc(Cl)cc2)cc1. The number of likely N-dealkylation sites (tertiary alicyclic amines) is 1. The van der Waals surface area contributed by atoms with Crippen molar-refractivity contribution in [2.75, 3.05) is 19.6 Å². The molecule has 1 aliphatic rings. The maximum absolute atomic E-state index is 9.29. The minimum atomic E-state index is 0.513. The third-order valence-electron chi connectivity index (χ3n) is 8.18. The van der Waals surface area contributed by atoms with Gasteiger partial charge in [-0.3, -0.25) is 0 Å². The van der Waals surface area contributed by atoms with E-state index < -0.39 is 0 Å². The molecule has 0 unspecified atom stereocenters. The summed E-state index contributed by atoms with van der Waals surface area (Å²) < 4.78 is 6.01. The van der Waals surface area contributed by atoms with Crippen molar-refractivity contribution >= 4 is 33.8 Å². The van der Waals surface area contributed by atoms with Crippen LogP contribution in [0.25, 0.3) is 22.2 Å². The largest absolute Gasteiger partial charge is 0.457 e. The smallest absolute Gasteiger partial charge is 0.127 e. The standard InChI is InChI=1S/C35H35ClN4OS/c1-2-3-4-33-34(25-6-10-29(11-7-25)41-30-12-8-28(36)9-13-30)39-35(42-33)26-15-18-40(19-16-26)20-17-27-23-38-32-14-5-24(22-37)21-31(27)32/h5-14,21,23,26,38H,2-4,15-20H2,1H3. The van der Waals surface area contributed by atoms with E-state index in [9.17, 15) is 5.26 Å². The van der Waals surface area contributed by atoms with Crippen LogP contribution in [0.3, 0.4) is 0 Å². The Labute approximate surface area is 256 Å². The maximum atomic E-state index is 9.29. The van der Waals surface area contributed by atoms with Crippen molar-refractivity contribution in [2.24, 2.45) is 0 Å². The Balaban J connectivity index is 1.10. The molecule has 3 aromatic carbocycles. The molecule has 6 rings (SSSR count). The molecule has 1 N–H and O–H groups in total. The van der Waals surface area contributed by atoms with Crippen LogP contribution in [0.5, 0.6) is 11.5 Å². The van der Waals surface area contributed by atoms with Crippen LogP contribution in [0.15, 0.2) is 72.9 Å². The van der Waals surface area contributed by atoms with E-state index in [4.69, 9.17) is 21.3 Å². The van der Waals surface area contributed by atoms with E-state index in [1.807, 2.05) is 65.9 Å². The fraction of sp³-hybridized carbons (Fsp3) is 0.314. The van der Waals surface area contributed by atoms with Crippen LogP contribution in [0.4, 0.5) is 0 Å². The summed E-state index contributed by atoms with van der Waals surface area (Å²) >= 11 is 7.93. The van der Waals surface area contributed by atoms with Crippen LogP contribution in [-0.2, 0) is 12.8 Å². The molecule has 0 aliphatic carbocycles. The summed E-state index contributed by atoms with van der Waals surface area (Å²) in [6.07, 6.45) is 8.79. The van der Waals surface area contributed by atoms with Crippen LogP contribution in [0.2, 0.25) is 5.02 Å². The molecule has 0 radical (unpaired) electrons. The van der Waals surface area contributed by atoms with Crippen molar-refractivity contribution in [2.45, 2.75) is 51.4 Å². The number of halogens is 1. The summed E-state index contributed by atoms with van der Waals surface area (Å²) in [6, 6.07) is 23.9. The van der Waals surface area contributed by atoms with Crippen LogP contribution in [0.1, 0.15) is 59.5 Å². The number of piperidine rings is 1. The zero-order valence-electron chi connectivity index (χ0n) is 23.9. The number of nitriles is 1. The molecule has 3 heterocycles. The van der Waals surface area contributed by atoms with Crippen LogP contribution >= 0.6 is 22.9 Å². The molecule has 1 saturated heterocycles. The molecule has 0 saturated carbocycles. The summed E-state index contributed by atoms with van der Waals surface area (Å²) in [5, 5.41) is 12.4. The Morgan fingerprint density at radius 1 is 1.02 bits per heavy atom. The molecule has 7 heteroatoms. The van der Waals surface area contributed by atoms with Crippen molar-refractivity contribution in [3.8, 4) is 28.8 Å².